The van der Waals surface area contributed by atoms with Crippen LogP contribution in [-0.2, 0) is 6.54 Å². The summed E-state index contributed by atoms with van der Waals surface area (Å²) in [5.74, 6) is 4.20. The maximum absolute atomic E-state index is 4.78. The Morgan fingerprint density at radius 3 is 3.00 bits per heavy atom. The highest BCUT2D eigenvalue weighted by molar-refractivity contribution is 7.99. The summed E-state index contributed by atoms with van der Waals surface area (Å²) in [6.45, 7) is 0.991. The van der Waals surface area contributed by atoms with Crippen LogP contribution in [0.5, 0.6) is 0 Å². The van der Waals surface area contributed by atoms with Crippen molar-refractivity contribution in [1.29, 1.82) is 0 Å². The predicted molar refractivity (Wildman–Crippen MR) is 86.2 cm³/mol. The van der Waals surface area contributed by atoms with E-state index >= 15 is 0 Å². The van der Waals surface area contributed by atoms with Gasteiger partial charge in [-0.1, -0.05) is 0 Å². The third-order valence-corrected chi connectivity index (χ3v) is 5.12. The standard InChI is InChI=1S/C16H16N4S/c1-3-13(9-17-6-1)15-19-14-4-2-7-18-16(14)20(15)10-12-5-8-21-11-12/h1-4,6-7,9,12H,5,8,10-11H2. The molecule has 0 spiro atoms. The second kappa shape index (κ2) is 5.48. The number of rotatable bonds is 3. The molecule has 1 atom stereocenters. The fourth-order valence-electron chi connectivity index (χ4n) is 2.83. The van der Waals surface area contributed by atoms with Gasteiger partial charge in [0.25, 0.3) is 0 Å². The van der Waals surface area contributed by atoms with E-state index in [2.05, 4.69) is 20.6 Å². The monoisotopic (exact) mass is 296 g/mol. The number of hydrogen-bond acceptors (Lipinski definition) is 4. The molecular weight excluding hydrogens is 280 g/mol. The van der Waals surface area contributed by atoms with Crippen LogP contribution in [0, 0.1) is 5.92 Å². The normalized spacial score (nSPS) is 18.4. The minimum atomic E-state index is 0.713. The molecule has 0 aliphatic carbocycles. The molecule has 1 fully saturated rings. The smallest absolute Gasteiger partial charge is 0.160 e. The van der Waals surface area contributed by atoms with Crippen molar-refractivity contribution in [3.05, 3.63) is 42.9 Å². The zero-order valence-electron chi connectivity index (χ0n) is 11.6. The predicted octanol–water partition coefficient (Wildman–Crippen LogP) is 3.25. The highest BCUT2D eigenvalue weighted by atomic mass is 32.2. The minimum absolute atomic E-state index is 0.713. The molecule has 4 nitrogen and oxygen atoms in total. The quantitative estimate of drug-likeness (QED) is 0.744. The average molecular weight is 296 g/mol. The van der Waals surface area contributed by atoms with Crippen LogP contribution in [0.25, 0.3) is 22.6 Å². The number of aromatic nitrogens is 4. The molecule has 1 unspecified atom stereocenters. The van der Waals surface area contributed by atoms with Gasteiger partial charge in [-0.3, -0.25) is 4.98 Å². The van der Waals surface area contributed by atoms with Crippen molar-refractivity contribution < 1.29 is 0 Å². The van der Waals surface area contributed by atoms with E-state index < -0.39 is 0 Å². The average Bonchev–Trinajstić information content (AvgIpc) is 3.17. The summed E-state index contributed by atoms with van der Waals surface area (Å²) in [6.07, 6.45) is 6.80. The number of imidazole rings is 1. The van der Waals surface area contributed by atoms with E-state index in [9.17, 15) is 0 Å². The first-order chi connectivity index (χ1) is 10.4. The van der Waals surface area contributed by atoms with Crippen molar-refractivity contribution in [2.45, 2.75) is 13.0 Å². The van der Waals surface area contributed by atoms with Crippen LogP contribution < -0.4 is 0 Å². The zero-order chi connectivity index (χ0) is 14.1. The van der Waals surface area contributed by atoms with Gasteiger partial charge >= 0.3 is 0 Å². The van der Waals surface area contributed by atoms with Gasteiger partial charge in [-0.25, -0.2) is 9.97 Å². The summed E-state index contributed by atoms with van der Waals surface area (Å²) in [4.78, 5) is 13.5. The van der Waals surface area contributed by atoms with Crippen molar-refractivity contribution in [1.82, 2.24) is 19.5 Å². The number of fused-ring (bicyclic) bond motifs is 1. The number of hydrogen-bond donors (Lipinski definition) is 0. The molecule has 0 aromatic carbocycles. The summed E-state index contributed by atoms with van der Waals surface area (Å²) in [7, 11) is 0. The van der Waals surface area contributed by atoms with Crippen molar-refractivity contribution in [3.8, 4) is 11.4 Å². The molecule has 0 saturated carbocycles. The molecule has 1 aliphatic heterocycles. The van der Waals surface area contributed by atoms with E-state index in [1.165, 1.54) is 17.9 Å². The Kier molecular flexibility index (Phi) is 3.35. The van der Waals surface area contributed by atoms with Gasteiger partial charge in [0.15, 0.2) is 5.65 Å². The highest BCUT2D eigenvalue weighted by Crippen LogP contribution is 2.29. The van der Waals surface area contributed by atoms with Gasteiger partial charge in [0.2, 0.25) is 0 Å². The van der Waals surface area contributed by atoms with E-state index in [1.54, 1.807) is 6.20 Å². The van der Waals surface area contributed by atoms with Gasteiger partial charge in [0.05, 0.1) is 0 Å². The summed E-state index contributed by atoms with van der Waals surface area (Å²) in [6, 6.07) is 7.99. The maximum Gasteiger partial charge on any atom is 0.160 e. The molecule has 1 aliphatic rings. The highest BCUT2D eigenvalue weighted by Gasteiger charge is 2.20. The number of thioether (sulfide) groups is 1. The first kappa shape index (κ1) is 12.8. The molecule has 0 radical (unpaired) electrons. The van der Waals surface area contributed by atoms with Gasteiger partial charge in [-0.15, -0.1) is 0 Å². The van der Waals surface area contributed by atoms with Gasteiger partial charge in [0, 0.05) is 30.7 Å². The largest absolute Gasteiger partial charge is 0.308 e. The molecule has 3 aromatic heterocycles. The lowest BCUT2D eigenvalue weighted by atomic mass is 10.1. The third kappa shape index (κ3) is 2.42. The first-order valence-corrected chi connectivity index (χ1v) is 8.37. The lowest BCUT2D eigenvalue weighted by molar-refractivity contribution is 0.502. The van der Waals surface area contributed by atoms with Crippen LogP contribution in [0.15, 0.2) is 42.9 Å². The molecule has 106 valence electrons. The van der Waals surface area contributed by atoms with Crippen LogP contribution in [0.1, 0.15) is 6.42 Å². The summed E-state index contributed by atoms with van der Waals surface area (Å²) >= 11 is 2.04. The zero-order valence-corrected chi connectivity index (χ0v) is 12.5. The van der Waals surface area contributed by atoms with Crippen molar-refractivity contribution in [2.75, 3.05) is 11.5 Å². The molecule has 3 aromatic rings. The van der Waals surface area contributed by atoms with Crippen molar-refractivity contribution in [3.63, 3.8) is 0 Å². The van der Waals surface area contributed by atoms with Crippen LogP contribution in [-0.4, -0.2) is 31.0 Å². The van der Waals surface area contributed by atoms with Crippen molar-refractivity contribution in [2.24, 2.45) is 5.92 Å². The van der Waals surface area contributed by atoms with E-state index in [4.69, 9.17) is 4.98 Å². The third-order valence-electron chi connectivity index (χ3n) is 3.89. The Morgan fingerprint density at radius 1 is 1.24 bits per heavy atom. The summed E-state index contributed by atoms with van der Waals surface area (Å²) in [5, 5.41) is 0. The minimum Gasteiger partial charge on any atom is -0.308 e. The Hall–Kier alpha value is -1.88. The SMILES string of the molecule is c1cncc(-c2nc3cccnc3n2CC2CCSC2)c1. The molecule has 1 saturated heterocycles. The van der Waals surface area contributed by atoms with Crippen LogP contribution in [0.2, 0.25) is 0 Å². The second-order valence-corrected chi connectivity index (χ2v) is 6.51. The molecular formula is C16H16N4S. The van der Waals surface area contributed by atoms with Crippen molar-refractivity contribution >= 4 is 22.9 Å². The van der Waals surface area contributed by atoms with E-state index in [1.807, 2.05) is 42.4 Å². The Bertz CT molecular complexity index is 747. The maximum atomic E-state index is 4.78. The lowest BCUT2D eigenvalue weighted by Gasteiger charge is -2.13. The van der Waals surface area contributed by atoms with E-state index in [-0.39, 0.29) is 0 Å². The first-order valence-electron chi connectivity index (χ1n) is 7.21. The Labute approximate surface area is 127 Å². The summed E-state index contributed by atoms with van der Waals surface area (Å²) < 4.78 is 2.27. The van der Waals surface area contributed by atoms with Crippen LogP contribution in [0.4, 0.5) is 0 Å². The van der Waals surface area contributed by atoms with Crippen LogP contribution in [0.3, 0.4) is 0 Å². The number of nitrogens with zero attached hydrogens (tertiary/aromatic N) is 4. The molecule has 0 amide bonds. The fourth-order valence-corrected chi connectivity index (χ4v) is 4.10. The number of pyridine rings is 2. The van der Waals surface area contributed by atoms with E-state index in [0.717, 1.165) is 29.1 Å². The van der Waals surface area contributed by atoms with Crippen LogP contribution >= 0.6 is 11.8 Å². The second-order valence-electron chi connectivity index (χ2n) is 5.36. The van der Waals surface area contributed by atoms with Gasteiger partial charge in [-0.2, -0.15) is 11.8 Å². The Morgan fingerprint density at radius 2 is 2.19 bits per heavy atom. The summed E-state index contributed by atoms with van der Waals surface area (Å²) in [5.41, 5.74) is 3.00. The van der Waals surface area contributed by atoms with Gasteiger partial charge in [0.1, 0.15) is 11.3 Å². The molecule has 4 heterocycles. The molecule has 21 heavy (non-hydrogen) atoms. The van der Waals surface area contributed by atoms with Gasteiger partial charge in [-0.05, 0) is 48.1 Å². The molecule has 0 bridgehead atoms. The van der Waals surface area contributed by atoms with Gasteiger partial charge < -0.3 is 4.57 Å². The topological polar surface area (TPSA) is 43.6 Å². The molecule has 0 N–H and O–H groups in total. The van der Waals surface area contributed by atoms with E-state index in [0.29, 0.717) is 5.92 Å². The lowest BCUT2D eigenvalue weighted by Crippen LogP contribution is -2.11. The molecule has 4 rings (SSSR count). The Balaban J connectivity index is 1.84. The molecule has 5 heteroatoms. The fraction of sp³-hybridized carbons (Fsp3) is 0.312.